The van der Waals surface area contributed by atoms with Crippen molar-refractivity contribution in [3.8, 4) is 5.75 Å². The lowest BCUT2D eigenvalue weighted by molar-refractivity contribution is 0.0919. The molecule has 2 heterocycles. The highest BCUT2D eigenvalue weighted by atomic mass is 35.5. The molecule has 3 rings (SSSR count). The zero-order valence-electron chi connectivity index (χ0n) is 9.69. The molecule has 3 N–H and O–H groups in total. The Morgan fingerprint density at radius 1 is 1.56 bits per heavy atom. The summed E-state index contributed by atoms with van der Waals surface area (Å²) in [5, 5.41) is 16.0. The monoisotopic (exact) mass is 267 g/mol. The van der Waals surface area contributed by atoms with E-state index in [1.54, 1.807) is 0 Å². The Balaban J connectivity index is 1.69. The molecule has 3 unspecified atom stereocenters. The molecule has 0 spiro atoms. The maximum Gasteiger partial charge on any atom is 0.270 e. The van der Waals surface area contributed by atoms with Gasteiger partial charge in [0, 0.05) is 24.7 Å². The summed E-state index contributed by atoms with van der Waals surface area (Å²) in [4.78, 5) is 15.9. The number of nitrogens with one attached hydrogen (secondary N) is 2. The summed E-state index contributed by atoms with van der Waals surface area (Å²) in [7, 11) is 0. The lowest BCUT2D eigenvalue weighted by Gasteiger charge is -2.23. The van der Waals surface area contributed by atoms with Crippen LogP contribution in [0.1, 0.15) is 23.3 Å². The van der Waals surface area contributed by atoms with Gasteiger partial charge in [0.05, 0.1) is 6.20 Å². The first kappa shape index (κ1) is 11.7. The fraction of sp³-hybridized carbons (Fsp3) is 0.500. The molecule has 6 heteroatoms. The van der Waals surface area contributed by atoms with Crippen LogP contribution in [0.3, 0.4) is 0 Å². The van der Waals surface area contributed by atoms with E-state index < -0.39 is 0 Å². The van der Waals surface area contributed by atoms with Gasteiger partial charge in [-0.3, -0.25) is 4.79 Å². The molecule has 1 aromatic rings. The Bertz CT molecular complexity index is 494. The molecule has 96 valence electrons. The fourth-order valence-corrected chi connectivity index (χ4v) is 2.91. The third-order valence-corrected chi connectivity index (χ3v) is 4.04. The zero-order valence-corrected chi connectivity index (χ0v) is 10.4. The van der Waals surface area contributed by atoms with Crippen LogP contribution in [-0.4, -0.2) is 34.6 Å². The number of hydrogen-bond acceptors (Lipinski definition) is 4. The summed E-state index contributed by atoms with van der Waals surface area (Å²) in [6.45, 7) is 0.967. The maximum atomic E-state index is 12.0. The molecular formula is C12H14ClN3O2. The first-order valence-electron chi connectivity index (χ1n) is 6.02. The van der Waals surface area contributed by atoms with Gasteiger partial charge in [0.1, 0.15) is 16.5 Å². The largest absolute Gasteiger partial charge is 0.506 e. The standard InChI is InChI=1S/C12H14ClN3O2/c13-8-5-15-10(3-11(8)17)12(18)16-9-2-7-1-6(9)4-14-7/h3,5-7,9,14H,1-2,4H2,(H,15,17)(H,16,18). The number of aromatic nitrogens is 1. The summed E-state index contributed by atoms with van der Waals surface area (Å²) in [5.74, 6) is 0.144. The second-order valence-electron chi connectivity index (χ2n) is 4.94. The topological polar surface area (TPSA) is 74.2 Å². The molecule has 3 atom stereocenters. The maximum absolute atomic E-state index is 12.0. The Hall–Kier alpha value is -1.33. The minimum atomic E-state index is -0.250. The lowest BCUT2D eigenvalue weighted by atomic mass is 10.0. The van der Waals surface area contributed by atoms with E-state index in [1.165, 1.54) is 12.3 Å². The van der Waals surface area contributed by atoms with Gasteiger partial charge in [-0.2, -0.15) is 0 Å². The minimum absolute atomic E-state index is 0.119. The van der Waals surface area contributed by atoms with E-state index in [1.807, 2.05) is 0 Å². The smallest absolute Gasteiger partial charge is 0.270 e. The SMILES string of the molecule is O=C(NC1CC2CC1CN2)c1cc(O)c(Cl)cn1. The highest BCUT2D eigenvalue weighted by molar-refractivity contribution is 6.31. The van der Waals surface area contributed by atoms with E-state index in [4.69, 9.17) is 11.6 Å². The number of pyridine rings is 1. The first-order chi connectivity index (χ1) is 8.63. The van der Waals surface area contributed by atoms with Crippen LogP contribution in [-0.2, 0) is 0 Å². The molecule has 1 aliphatic heterocycles. The third kappa shape index (κ3) is 2.04. The molecule has 2 fully saturated rings. The number of amides is 1. The van der Waals surface area contributed by atoms with Crippen LogP contribution in [0.15, 0.2) is 12.3 Å². The molecule has 2 aliphatic rings. The summed E-state index contributed by atoms with van der Waals surface area (Å²) >= 11 is 5.65. The van der Waals surface area contributed by atoms with Crippen molar-refractivity contribution in [3.63, 3.8) is 0 Å². The number of carbonyl (C=O) groups excluding carboxylic acids is 1. The van der Waals surface area contributed by atoms with Gasteiger partial charge >= 0.3 is 0 Å². The second kappa shape index (κ2) is 4.40. The van der Waals surface area contributed by atoms with Crippen molar-refractivity contribution in [2.45, 2.75) is 24.9 Å². The Labute approximate surface area is 110 Å². The average Bonchev–Trinajstić information content (AvgIpc) is 2.94. The predicted molar refractivity (Wildman–Crippen MR) is 66.7 cm³/mol. The van der Waals surface area contributed by atoms with Gasteiger partial charge < -0.3 is 15.7 Å². The van der Waals surface area contributed by atoms with Gasteiger partial charge in [-0.1, -0.05) is 11.6 Å². The summed E-state index contributed by atoms with van der Waals surface area (Å²) in [6.07, 6.45) is 3.38. The highest BCUT2D eigenvalue weighted by Crippen LogP contribution is 2.31. The summed E-state index contributed by atoms with van der Waals surface area (Å²) in [5.41, 5.74) is 0.202. The summed E-state index contributed by atoms with van der Waals surface area (Å²) < 4.78 is 0. The molecule has 1 amide bonds. The molecular weight excluding hydrogens is 254 g/mol. The predicted octanol–water partition coefficient (Wildman–Crippen LogP) is 0.921. The summed E-state index contributed by atoms with van der Waals surface area (Å²) in [6, 6.07) is 2.04. The molecule has 1 saturated heterocycles. The van der Waals surface area contributed by atoms with Crippen molar-refractivity contribution in [2.24, 2.45) is 5.92 Å². The van der Waals surface area contributed by atoms with Crippen LogP contribution < -0.4 is 10.6 Å². The number of nitrogens with zero attached hydrogens (tertiary/aromatic N) is 1. The number of aromatic hydroxyl groups is 1. The number of piperidine rings is 1. The number of rotatable bonds is 2. The molecule has 2 bridgehead atoms. The lowest BCUT2D eigenvalue weighted by Crippen LogP contribution is -2.44. The van der Waals surface area contributed by atoms with Crippen molar-refractivity contribution in [2.75, 3.05) is 6.54 Å². The van der Waals surface area contributed by atoms with E-state index in [2.05, 4.69) is 15.6 Å². The van der Waals surface area contributed by atoms with Gasteiger partial charge in [-0.15, -0.1) is 0 Å². The van der Waals surface area contributed by atoms with Crippen LogP contribution >= 0.6 is 11.6 Å². The van der Waals surface area contributed by atoms with E-state index in [0.29, 0.717) is 12.0 Å². The van der Waals surface area contributed by atoms with Crippen molar-refractivity contribution in [1.29, 1.82) is 0 Å². The van der Waals surface area contributed by atoms with E-state index in [0.717, 1.165) is 19.4 Å². The molecule has 0 radical (unpaired) electrons. The normalized spacial score (nSPS) is 29.5. The number of fused-ring (bicyclic) bond motifs is 2. The van der Waals surface area contributed by atoms with Crippen LogP contribution in [0.2, 0.25) is 5.02 Å². The van der Waals surface area contributed by atoms with Crippen LogP contribution in [0.4, 0.5) is 0 Å². The number of carbonyl (C=O) groups is 1. The second-order valence-corrected chi connectivity index (χ2v) is 5.34. The molecule has 18 heavy (non-hydrogen) atoms. The van der Waals surface area contributed by atoms with E-state index in [-0.39, 0.29) is 28.4 Å². The van der Waals surface area contributed by atoms with Crippen molar-refractivity contribution < 1.29 is 9.90 Å². The van der Waals surface area contributed by atoms with Gasteiger partial charge in [0.2, 0.25) is 0 Å². The van der Waals surface area contributed by atoms with E-state index >= 15 is 0 Å². The van der Waals surface area contributed by atoms with Crippen molar-refractivity contribution in [3.05, 3.63) is 23.0 Å². The Kier molecular flexibility index (Phi) is 2.87. The van der Waals surface area contributed by atoms with Crippen molar-refractivity contribution in [1.82, 2.24) is 15.6 Å². The highest BCUT2D eigenvalue weighted by Gasteiger charge is 2.40. The van der Waals surface area contributed by atoms with E-state index in [9.17, 15) is 9.90 Å². The molecule has 1 aromatic heterocycles. The van der Waals surface area contributed by atoms with Gasteiger partial charge in [-0.05, 0) is 18.8 Å². The number of hydrogen-bond donors (Lipinski definition) is 3. The fourth-order valence-electron chi connectivity index (χ4n) is 2.81. The van der Waals surface area contributed by atoms with Crippen molar-refractivity contribution >= 4 is 17.5 Å². The zero-order chi connectivity index (χ0) is 12.7. The van der Waals surface area contributed by atoms with Crippen LogP contribution in [0.5, 0.6) is 5.75 Å². The Morgan fingerprint density at radius 3 is 3.00 bits per heavy atom. The molecule has 5 nitrogen and oxygen atoms in total. The average molecular weight is 268 g/mol. The number of halogens is 1. The quantitative estimate of drug-likeness (QED) is 0.745. The molecule has 0 aromatic carbocycles. The van der Waals surface area contributed by atoms with Gasteiger partial charge in [-0.25, -0.2) is 4.98 Å². The van der Waals surface area contributed by atoms with Gasteiger partial charge in [0.15, 0.2) is 0 Å². The first-order valence-corrected chi connectivity index (χ1v) is 6.40. The molecule has 1 aliphatic carbocycles. The molecule has 1 saturated carbocycles. The van der Waals surface area contributed by atoms with Crippen LogP contribution in [0, 0.1) is 5.92 Å². The van der Waals surface area contributed by atoms with Crippen LogP contribution in [0.25, 0.3) is 0 Å². The van der Waals surface area contributed by atoms with Gasteiger partial charge in [0.25, 0.3) is 5.91 Å². The minimum Gasteiger partial charge on any atom is -0.506 e. The third-order valence-electron chi connectivity index (χ3n) is 3.75. The Morgan fingerprint density at radius 2 is 2.39 bits per heavy atom.